The third-order valence-corrected chi connectivity index (χ3v) is 4.94. The number of rotatable bonds is 4. The second-order valence-electron chi connectivity index (χ2n) is 6.74. The van der Waals surface area contributed by atoms with E-state index in [1.54, 1.807) is 10.7 Å². The maximum absolute atomic E-state index is 12.5. The van der Waals surface area contributed by atoms with Crippen molar-refractivity contribution in [2.45, 2.75) is 38.1 Å². The molecule has 2 atom stereocenters. The molecule has 6 heteroatoms. The SMILES string of the molecule is O=C(CC1C=CCCC1)N1CCC(Nc2ccc3nccn3n2)C1. The van der Waals surface area contributed by atoms with Crippen LogP contribution in [-0.2, 0) is 4.79 Å². The van der Waals surface area contributed by atoms with Crippen molar-refractivity contribution in [2.24, 2.45) is 5.92 Å². The van der Waals surface area contributed by atoms with Crippen LogP contribution >= 0.6 is 0 Å². The summed E-state index contributed by atoms with van der Waals surface area (Å²) in [6.45, 7) is 1.60. The highest BCUT2D eigenvalue weighted by atomic mass is 16.2. The number of hydrogen-bond donors (Lipinski definition) is 1. The minimum atomic E-state index is 0.268. The first-order chi connectivity index (χ1) is 11.8. The number of nitrogens with one attached hydrogen (secondary N) is 1. The fourth-order valence-corrected chi connectivity index (χ4v) is 3.61. The number of allylic oxidation sites excluding steroid dienone is 2. The van der Waals surface area contributed by atoms with Crippen LogP contribution in [0.1, 0.15) is 32.1 Å². The Morgan fingerprint density at radius 2 is 2.29 bits per heavy atom. The number of fused-ring (bicyclic) bond motifs is 1. The summed E-state index contributed by atoms with van der Waals surface area (Å²) >= 11 is 0. The van der Waals surface area contributed by atoms with E-state index in [9.17, 15) is 4.79 Å². The van der Waals surface area contributed by atoms with Crippen LogP contribution in [0.2, 0.25) is 0 Å². The number of anilines is 1. The highest BCUT2D eigenvalue weighted by molar-refractivity contribution is 5.77. The van der Waals surface area contributed by atoms with Crippen molar-refractivity contribution in [3.63, 3.8) is 0 Å². The molecule has 2 aliphatic rings. The van der Waals surface area contributed by atoms with Crippen molar-refractivity contribution >= 4 is 17.4 Å². The number of nitrogens with zero attached hydrogens (tertiary/aromatic N) is 4. The van der Waals surface area contributed by atoms with Crippen LogP contribution in [0.3, 0.4) is 0 Å². The van der Waals surface area contributed by atoms with Crippen LogP contribution in [0.15, 0.2) is 36.7 Å². The van der Waals surface area contributed by atoms with Crippen molar-refractivity contribution in [1.82, 2.24) is 19.5 Å². The van der Waals surface area contributed by atoms with Gasteiger partial charge in [-0.1, -0.05) is 12.2 Å². The van der Waals surface area contributed by atoms with Gasteiger partial charge < -0.3 is 10.2 Å². The minimum absolute atomic E-state index is 0.268. The molecule has 2 aromatic heterocycles. The number of hydrogen-bond acceptors (Lipinski definition) is 4. The molecule has 0 saturated carbocycles. The third kappa shape index (κ3) is 3.27. The van der Waals surface area contributed by atoms with Crippen LogP contribution in [0.4, 0.5) is 5.82 Å². The Bertz CT molecular complexity index is 753. The van der Waals surface area contributed by atoms with Gasteiger partial charge in [-0.25, -0.2) is 9.50 Å². The third-order valence-electron chi connectivity index (χ3n) is 4.94. The Labute approximate surface area is 141 Å². The van der Waals surface area contributed by atoms with Gasteiger partial charge in [0.15, 0.2) is 5.65 Å². The lowest BCUT2D eigenvalue weighted by molar-refractivity contribution is -0.130. The number of amides is 1. The lowest BCUT2D eigenvalue weighted by atomic mass is 9.93. The average molecular weight is 325 g/mol. The molecule has 126 valence electrons. The lowest BCUT2D eigenvalue weighted by Gasteiger charge is -2.21. The molecule has 1 saturated heterocycles. The van der Waals surface area contributed by atoms with E-state index in [-0.39, 0.29) is 11.9 Å². The quantitative estimate of drug-likeness (QED) is 0.877. The molecule has 1 N–H and O–H groups in total. The van der Waals surface area contributed by atoms with Gasteiger partial charge in [-0.2, -0.15) is 0 Å². The first-order valence-electron chi connectivity index (χ1n) is 8.79. The minimum Gasteiger partial charge on any atom is -0.364 e. The number of carbonyl (C=O) groups excluding carboxylic acids is 1. The second kappa shape index (κ2) is 6.63. The van der Waals surface area contributed by atoms with Gasteiger partial charge >= 0.3 is 0 Å². The summed E-state index contributed by atoms with van der Waals surface area (Å²) in [5, 5.41) is 7.94. The van der Waals surface area contributed by atoms with Gasteiger partial charge in [-0.3, -0.25) is 4.79 Å². The first kappa shape index (κ1) is 15.2. The summed E-state index contributed by atoms with van der Waals surface area (Å²) in [6.07, 6.45) is 13.1. The largest absolute Gasteiger partial charge is 0.364 e. The maximum Gasteiger partial charge on any atom is 0.223 e. The average Bonchev–Trinajstić information content (AvgIpc) is 3.24. The number of imidazole rings is 1. The molecular formula is C18H23N5O. The van der Waals surface area contributed by atoms with E-state index >= 15 is 0 Å². The topological polar surface area (TPSA) is 62.5 Å². The van der Waals surface area contributed by atoms with Crippen LogP contribution in [0.5, 0.6) is 0 Å². The summed E-state index contributed by atoms with van der Waals surface area (Å²) in [5.41, 5.74) is 0.837. The van der Waals surface area contributed by atoms with Crippen LogP contribution in [0, 0.1) is 5.92 Å². The van der Waals surface area contributed by atoms with E-state index in [0.717, 1.165) is 43.8 Å². The number of carbonyl (C=O) groups is 1. The smallest absolute Gasteiger partial charge is 0.223 e. The monoisotopic (exact) mass is 325 g/mol. The molecule has 2 aromatic rings. The molecule has 1 fully saturated rings. The van der Waals surface area contributed by atoms with Gasteiger partial charge in [0, 0.05) is 37.9 Å². The predicted molar refractivity (Wildman–Crippen MR) is 92.7 cm³/mol. The zero-order chi connectivity index (χ0) is 16.4. The van der Waals surface area contributed by atoms with Gasteiger partial charge in [-0.05, 0) is 43.7 Å². The Balaban J connectivity index is 1.33. The van der Waals surface area contributed by atoms with Gasteiger partial charge in [0.25, 0.3) is 0 Å². The summed E-state index contributed by atoms with van der Waals surface area (Å²) < 4.78 is 1.76. The molecule has 1 aliphatic carbocycles. The van der Waals surface area contributed by atoms with Gasteiger partial charge in [0.1, 0.15) is 5.82 Å². The predicted octanol–water partition coefficient (Wildman–Crippen LogP) is 2.49. The zero-order valence-corrected chi connectivity index (χ0v) is 13.8. The van der Waals surface area contributed by atoms with Crippen molar-refractivity contribution in [3.8, 4) is 0 Å². The standard InChI is InChI=1S/C18H23N5O/c24-18(12-14-4-2-1-3-5-14)22-10-8-15(13-22)20-16-6-7-17-19-9-11-23(17)21-16/h2,4,6-7,9,11,14-15H,1,3,5,8,10,12-13H2,(H,20,21). The zero-order valence-electron chi connectivity index (χ0n) is 13.8. The Kier molecular flexibility index (Phi) is 4.19. The van der Waals surface area contributed by atoms with Crippen molar-refractivity contribution in [3.05, 3.63) is 36.7 Å². The first-order valence-corrected chi connectivity index (χ1v) is 8.79. The summed E-state index contributed by atoms with van der Waals surface area (Å²) in [7, 11) is 0. The molecule has 1 aliphatic heterocycles. The summed E-state index contributed by atoms with van der Waals surface area (Å²) in [6, 6.07) is 4.16. The van der Waals surface area contributed by atoms with E-state index in [1.165, 1.54) is 6.42 Å². The Hall–Kier alpha value is -2.37. The van der Waals surface area contributed by atoms with E-state index in [4.69, 9.17) is 0 Å². The molecule has 0 spiro atoms. The summed E-state index contributed by atoms with van der Waals surface area (Å²) in [4.78, 5) is 18.7. The summed E-state index contributed by atoms with van der Waals surface area (Å²) in [5.74, 6) is 1.55. The molecule has 0 radical (unpaired) electrons. The van der Waals surface area contributed by atoms with E-state index in [2.05, 4.69) is 27.6 Å². The second-order valence-corrected chi connectivity index (χ2v) is 6.74. The molecule has 6 nitrogen and oxygen atoms in total. The number of likely N-dealkylation sites (tertiary alicyclic amines) is 1. The highest BCUT2D eigenvalue weighted by Gasteiger charge is 2.27. The van der Waals surface area contributed by atoms with Gasteiger partial charge in [-0.15, -0.1) is 5.10 Å². The molecule has 2 unspecified atom stereocenters. The van der Waals surface area contributed by atoms with E-state index in [1.807, 2.05) is 23.2 Å². The molecule has 24 heavy (non-hydrogen) atoms. The Morgan fingerprint density at radius 3 is 3.17 bits per heavy atom. The van der Waals surface area contributed by atoms with Crippen molar-refractivity contribution in [2.75, 3.05) is 18.4 Å². The van der Waals surface area contributed by atoms with Gasteiger partial charge in [0.2, 0.25) is 5.91 Å². The molecule has 0 aromatic carbocycles. The van der Waals surface area contributed by atoms with E-state index in [0.29, 0.717) is 12.3 Å². The number of aromatic nitrogens is 3. The molecule has 3 heterocycles. The molecule has 4 rings (SSSR count). The normalized spacial score (nSPS) is 23.8. The maximum atomic E-state index is 12.5. The molecule has 1 amide bonds. The van der Waals surface area contributed by atoms with Crippen molar-refractivity contribution < 1.29 is 4.79 Å². The molecular weight excluding hydrogens is 302 g/mol. The van der Waals surface area contributed by atoms with Gasteiger partial charge in [0.05, 0.1) is 0 Å². The molecule has 0 bridgehead atoms. The fraction of sp³-hybridized carbons (Fsp3) is 0.500. The van der Waals surface area contributed by atoms with Crippen LogP contribution < -0.4 is 5.32 Å². The Morgan fingerprint density at radius 1 is 1.33 bits per heavy atom. The van der Waals surface area contributed by atoms with Crippen molar-refractivity contribution in [1.29, 1.82) is 0 Å². The van der Waals surface area contributed by atoms with E-state index < -0.39 is 0 Å². The highest BCUT2D eigenvalue weighted by Crippen LogP contribution is 2.23. The van der Waals surface area contributed by atoms with Crippen LogP contribution in [-0.4, -0.2) is 44.5 Å². The lowest BCUT2D eigenvalue weighted by Crippen LogP contribution is -2.32. The fourth-order valence-electron chi connectivity index (χ4n) is 3.61. The van der Waals surface area contributed by atoms with Crippen LogP contribution in [0.25, 0.3) is 5.65 Å².